The summed E-state index contributed by atoms with van der Waals surface area (Å²) in [5, 5.41) is 0. The first-order valence-corrected chi connectivity index (χ1v) is 18.6. The maximum absolute atomic E-state index is 11.9. The number of esters is 1. The van der Waals surface area contributed by atoms with E-state index in [1.807, 2.05) is 30.3 Å². The zero-order chi connectivity index (χ0) is 33.6. The molecule has 1 aromatic carbocycles. The number of para-hydroxylation sites is 1. The highest BCUT2D eigenvalue weighted by atomic mass is 16.6. The lowest BCUT2D eigenvalue weighted by Gasteiger charge is -2.09. The second-order valence-corrected chi connectivity index (χ2v) is 11.8. The van der Waals surface area contributed by atoms with E-state index in [0.717, 1.165) is 18.6 Å². The van der Waals surface area contributed by atoms with Gasteiger partial charge in [-0.1, -0.05) is 115 Å². The highest BCUT2D eigenvalue weighted by Crippen LogP contribution is 2.14. The first-order valence-electron chi connectivity index (χ1n) is 18.6. The summed E-state index contributed by atoms with van der Waals surface area (Å²) in [6.07, 6.45) is 20.3. The van der Waals surface area contributed by atoms with Crippen LogP contribution in [0.3, 0.4) is 0 Å². The smallest absolute Gasteiger partial charge is 0.305 e. The molecular weight excluding hydrogens is 600 g/mol. The summed E-state index contributed by atoms with van der Waals surface area (Å²) in [5.74, 6) is 0.720. The van der Waals surface area contributed by atoms with E-state index < -0.39 is 0 Å². The van der Waals surface area contributed by atoms with Crippen LogP contribution in [0, 0.1) is 0 Å². The Balaban J connectivity index is 1.66. The molecule has 0 aliphatic rings. The minimum atomic E-state index is -0.126. The van der Waals surface area contributed by atoms with Gasteiger partial charge in [-0.15, -0.1) is 0 Å². The van der Waals surface area contributed by atoms with Gasteiger partial charge in [0.2, 0.25) is 0 Å². The van der Waals surface area contributed by atoms with E-state index in [4.69, 9.17) is 37.9 Å². The molecule has 274 valence electrons. The molecule has 1 aromatic rings. The van der Waals surface area contributed by atoms with Crippen LogP contribution < -0.4 is 4.74 Å². The second kappa shape index (κ2) is 37.1. The van der Waals surface area contributed by atoms with Crippen LogP contribution >= 0.6 is 0 Å². The molecule has 9 heteroatoms. The Morgan fingerprint density at radius 2 is 0.766 bits per heavy atom. The Bertz CT molecular complexity index is 750. The molecule has 0 aliphatic carbocycles. The molecule has 0 aliphatic heterocycles. The van der Waals surface area contributed by atoms with Gasteiger partial charge in [-0.3, -0.25) is 4.79 Å². The highest BCUT2D eigenvalue weighted by molar-refractivity contribution is 5.69. The summed E-state index contributed by atoms with van der Waals surface area (Å²) in [6.45, 7) is 9.06. The van der Waals surface area contributed by atoms with Gasteiger partial charge >= 0.3 is 5.97 Å². The lowest BCUT2D eigenvalue weighted by atomic mass is 10.0. The molecule has 0 saturated carbocycles. The van der Waals surface area contributed by atoms with E-state index in [2.05, 4.69) is 6.92 Å². The topological polar surface area (TPSA) is 90.9 Å². The van der Waals surface area contributed by atoms with Gasteiger partial charge in [-0.25, -0.2) is 0 Å². The van der Waals surface area contributed by atoms with Gasteiger partial charge in [0.05, 0.1) is 79.3 Å². The first-order chi connectivity index (χ1) is 23.3. The fourth-order valence-corrected chi connectivity index (χ4v) is 4.86. The molecule has 0 saturated heterocycles. The molecule has 0 bridgehead atoms. The minimum Gasteiger partial charge on any atom is -0.491 e. The summed E-state index contributed by atoms with van der Waals surface area (Å²) < 4.78 is 43.7. The Morgan fingerprint density at radius 3 is 1.17 bits per heavy atom. The minimum absolute atomic E-state index is 0.126. The lowest BCUT2D eigenvalue weighted by molar-refractivity contribution is -0.145. The predicted molar refractivity (Wildman–Crippen MR) is 187 cm³/mol. The first kappa shape index (κ1) is 43.3. The van der Waals surface area contributed by atoms with Crippen LogP contribution in [0.15, 0.2) is 30.3 Å². The molecule has 0 heterocycles. The molecule has 0 atom stereocenters. The molecule has 0 amide bonds. The summed E-state index contributed by atoms with van der Waals surface area (Å²) in [7, 11) is 0. The van der Waals surface area contributed by atoms with Crippen molar-refractivity contribution in [2.75, 3.05) is 92.5 Å². The second-order valence-electron chi connectivity index (χ2n) is 11.8. The molecule has 0 N–H and O–H groups in total. The van der Waals surface area contributed by atoms with Gasteiger partial charge in [-0.05, 0) is 18.6 Å². The number of unbranched alkanes of at least 4 members (excludes halogenated alkanes) is 14. The van der Waals surface area contributed by atoms with Gasteiger partial charge in [-0.2, -0.15) is 0 Å². The molecule has 0 unspecified atom stereocenters. The quantitative estimate of drug-likeness (QED) is 0.0514. The van der Waals surface area contributed by atoms with Crippen molar-refractivity contribution in [2.24, 2.45) is 0 Å². The summed E-state index contributed by atoms with van der Waals surface area (Å²) in [6, 6.07) is 9.68. The van der Waals surface area contributed by atoms with Crippen LogP contribution in [0.25, 0.3) is 0 Å². The number of carbonyl (C=O) groups is 1. The monoisotopic (exact) mass is 668 g/mol. The Morgan fingerprint density at radius 1 is 0.426 bits per heavy atom. The number of benzene rings is 1. The lowest BCUT2D eigenvalue weighted by Crippen LogP contribution is -2.15. The van der Waals surface area contributed by atoms with Crippen molar-refractivity contribution in [3.05, 3.63) is 30.3 Å². The van der Waals surface area contributed by atoms with Crippen molar-refractivity contribution in [3.63, 3.8) is 0 Å². The molecule has 0 fully saturated rings. The maximum atomic E-state index is 11.9. The van der Waals surface area contributed by atoms with Crippen molar-refractivity contribution in [3.8, 4) is 5.75 Å². The standard InChI is InChI=1S/C38H68O9/c1-2-3-4-5-6-7-8-9-10-11-12-13-14-15-19-22-38(39)47-36-34-45-32-30-43-28-26-41-24-23-40-25-27-42-29-31-44-33-35-46-37-20-17-16-18-21-37/h16-18,20-21H,2-15,19,22-36H2,1H3. The summed E-state index contributed by atoms with van der Waals surface area (Å²) >= 11 is 0. The van der Waals surface area contributed by atoms with Crippen molar-refractivity contribution in [1.29, 1.82) is 0 Å². The molecule has 0 radical (unpaired) electrons. The largest absolute Gasteiger partial charge is 0.491 e. The Kier molecular flexibility index (Phi) is 34.1. The summed E-state index contributed by atoms with van der Waals surface area (Å²) in [5.41, 5.74) is 0. The number of hydrogen-bond acceptors (Lipinski definition) is 9. The third-order valence-corrected chi connectivity index (χ3v) is 7.57. The normalized spacial score (nSPS) is 11.3. The fourth-order valence-electron chi connectivity index (χ4n) is 4.86. The van der Waals surface area contributed by atoms with Gasteiger partial charge in [0.1, 0.15) is 19.0 Å². The van der Waals surface area contributed by atoms with Gasteiger partial charge in [0, 0.05) is 6.42 Å². The fraction of sp³-hybridized carbons (Fsp3) is 0.816. The van der Waals surface area contributed by atoms with Gasteiger partial charge in [0.15, 0.2) is 0 Å². The van der Waals surface area contributed by atoms with E-state index in [9.17, 15) is 4.79 Å². The summed E-state index contributed by atoms with van der Waals surface area (Å²) in [4.78, 5) is 11.9. The van der Waals surface area contributed by atoms with Crippen molar-refractivity contribution in [1.82, 2.24) is 0 Å². The van der Waals surface area contributed by atoms with Crippen molar-refractivity contribution in [2.45, 2.75) is 110 Å². The number of carbonyl (C=O) groups excluding carboxylic acids is 1. The van der Waals surface area contributed by atoms with Crippen LogP contribution in [0.2, 0.25) is 0 Å². The van der Waals surface area contributed by atoms with Crippen molar-refractivity contribution < 1.29 is 42.7 Å². The van der Waals surface area contributed by atoms with E-state index in [-0.39, 0.29) is 5.97 Å². The average molecular weight is 669 g/mol. The zero-order valence-corrected chi connectivity index (χ0v) is 29.8. The number of hydrogen-bond donors (Lipinski definition) is 0. The molecule has 9 nitrogen and oxygen atoms in total. The molecule has 1 rings (SSSR count). The van der Waals surface area contributed by atoms with Crippen LogP contribution in [-0.2, 0) is 38.0 Å². The molecule has 47 heavy (non-hydrogen) atoms. The average Bonchev–Trinajstić information content (AvgIpc) is 3.09. The van der Waals surface area contributed by atoms with E-state index in [1.165, 1.54) is 83.5 Å². The molecular formula is C38H68O9. The highest BCUT2D eigenvalue weighted by Gasteiger charge is 2.03. The van der Waals surface area contributed by atoms with Crippen LogP contribution in [0.4, 0.5) is 0 Å². The number of rotatable bonds is 38. The van der Waals surface area contributed by atoms with E-state index in [1.54, 1.807) is 0 Å². The van der Waals surface area contributed by atoms with Crippen LogP contribution in [0.5, 0.6) is 5.75 Å². The van der Waals surface area contributed by atoms with Gasteiger partial charge in [0.25, 0.3) is 0 Å². The molecule has 0 aromatic heterocycles. The third-order valence-electron chi connectivity index (χ3n) is 7.57. The van der Waals surface area contributed by atoms with E-state index in [0.29, 0.717) is 98.9 Å². The van der Waals surface area contributed by atoms with Crippen LogP contribution in [0.1, 0.15) is 110 Å². The Hall–Kier alpha value is -1.75. The Labute approximate surface area is 286 Å². The van der Waals surface area contributed by atoms with E-state index >= 15 is 0 Å². The number of ether oxygens (including phenoxy) is 8. The van der Waals surface area contributed by atoms with Crippen molar-refractivity contribution >= 4 is 5.97 Å². The van der Waals surface area contributed by atoms with Gasteiger partial charge < -0.3 is 37.9 Å². The van der Waals surface area contributed by atoms with Crippen LogP contribution in [-0.4, -0.2) is 98.5 Å². The molecule has 0 spiro atoms. The SMILES string of the molecule is CCCCCCCCCCCCCCCCCC(=O)OCCOCCOCCOCCOCCOCCOCCOc1ccccc1. The predicted octanol–water partition coefficient (Wildman–Crippen LogP) is 7.97. The third kappa shape index (κ3) is 33.9. The maximum Gasteiger partial charge on any atom is 0.305 e. The zero-order valence-electron chi connectivity index (χ0n) is 29.8.